The third kappa shape index (κ3) is 6.86. The summed E-state index contributed by atoms with van der Waals surface area (Å²) in [6, 6.07) is 12.2. The first-order valence-corrected chi connectivity index (χ1v) is 12.8. The summed E-state index contributed by atoms with van der Waals surface area (Å²) in [7, 11) is 0. The first-order chi connectivity index (χ1) is 16.9. The maximum atomic E-state index is 11.0. The van der Waals surface area contributed by atoms with Crippen LogP contribution in [-0.2, 0) is 26.7 Å². The molecule has 0 aliphatic carbocycles. The van der Waals surface area contributed by atoms with Crippen molar-refractivity contribution in [2.75, 3.05) is 13.2 Å². The minimum absolute atomic E-state index is 0.209. The van der Waals surface area contributed by atoms with Crippen LogP contribution in [0.4, 0.5) is 0 Å². The van der Waals surface area contributed by atoms with Crippen LogP contribution in [0.25, 0.3) is 17.5 Å². The van der Waals surface area contributed by atoms with E-state index < -0.39 is 0 Å². The van der Waals surface area contributed by atoms with Crippen molar-refractivity contribution >= 4 is 6.08 Å². The zero-order chi connectivity index (χ0) is 26.5. The molecule has 0 fully saturated rings. The summed E-state index contributed by atoms with van der Waals surface area (Å²) in [4.78, 5) is 4.73. The fraction of sp³-hybridized carbons (Fsp3) is 0.452. The summed E-state index contributed by atoms with van der Waals surface area (Å²) in [6.45, 7) is 17.7. The highest BCUT2D eigenvalue weighted by atomic mass is 16.7. The van der Waals surface area contributed by atoms with Crippen LogP contribution in [0.2, 0.25) is 0 Å². The van der Waals surface area contributed by atoms with Crippen LogP contribution < -0.4 is 0 Å². The molecule has 0 saturated heterocycles. The van der Waals surface area contributed by atoms with Gasteiger partial charge in [0, 0.05) is 41.9 Å². The van der Waals surface area contributed by atoms with E-state index in [0.29, 0.717) is 31.3 Å². The molecule has 5 heteroatoms. The highest BCUT2D eigenvalue weighted by Gasteiger charge is 2.27. The predicted molar refractivity (Wildman–Crippen MR) is 146 cm³/mol. The number of nitrogens with zero attached hydrogens (tertiary/aromatic N) is 1. The Balaban J connectivity index is 1.77. The third-order valence-electron chi connectivity index (χ3n) is 6.01. The normalized spacial score (nSPS) is 12.7. The van der Waals surface area contributed by atoms with Crippen molar-refractivity contribution in [3.8, 4) is 17.2 Å². The van der Waals surface area contributed by atoms with E-state index in [-0.39, 0.29) is 17.1 Å². The van der Waals surface area contributed by atoms with Gasteiger partial charge in [-0.3, -0.25) is 0 Å². The first-order valence-electron chi connectivity index (χ1n) is 12.8. The highest BCUT2D eigenvalue weighted by molar-refractivity contribution is 5.63. The molecule has 0 radical (unpaired) electrons. The number of phenols is 1. The van der Waals surface area contributed by atoms with Gasteiger partial charge in [-0.2, -0.15) is 0 Å². The zero-order valence-electron chi connectivity index (χ0n) is 23.0. The smallest absolute Gasteiger partial charge is 0.226 e. The number of hydrogen-bond acceptors (Lipinski definition) is 5. The molecular weight excluding hydrogens is 450 g/mol. The van der Waals surface area contributed by atoms with Crippen molar-refractivity contribution in [3.63, 3.8) is 0 Å². The van der Waals surface area contributed by atoms with Gasteiger partial charge < -0.3 is 19.0 Å². The van der Waals surface area contributed by atoms with Crippen molar-refractivity contribution in [2.45, 2.75) is 78.9 Å². The molecule has 2 aromatic carbocycles. The molecule has 1 N–H and O–H groups in total. The van der Waals surface area contributed by atoms with Crippen LogP contribution in [0.5, 0.6) is 5.75 Å². The molecular formula is C31H41NO4. The Labute approximate surface area is 216 Å². The van der Waals surface area contributed by atoms with Crippen LogP contribution in [0.15, 0.2) is 53.2 Å². The standard InChI is InChI=1S/C31H41NO4/c1-9-34-29(35-10-2)22-16-14-21(15-17-22)12-11-13-24-20-36-28(32-24)23-18-25(30(3,4)5)27(33)26(19-23)31(6,7)8/h11-12,14-20,29,33H,9-10,13H2,1-8H3. The fourth-order valence-corrected chi connectivity index (χ4v) is 4.06. The average Bonchev–Trinajstić information content (AvgIpc) is 3.27. The second kappa shape index (κ2) is 11.4. The Morgan fingerprint density at radius 2 is 1.47 bits per heavy atom. The zero-order valence-corrected chi connectivity index (χ0v) is 23.0. The molecule has 0 saturated carbocycles. The summed E-state index contributed by atoms with van der Waals surface area (Å²) in [6.07, 6.45) is 6.19. The van der Waals surface area contributed by atoms with E-state index in [9.17, 15) is 5.11 Å². The Bertz CT molecular complexity index is 1120. The molecule has 0 aliphatic heterocycles. The minimum Gasteiger partial charge on any atom is -0.507 e. The molecule has 0 bridgehead atoms. The molecule has 3 aromatic rings. The quantitative estimate of drug-likeness (QED) is 0.308. The topological polar surface area (TPSA) is 64.7 Å². The van der Waals surface area contributed by atoms with Crippen molar-refractivity contribution in [2.24, 2.45) is 0 Å². The molecule has 1 heterocycles. The second-order valence-electron chi connectivity index (χ2n) is 11.1. The lowest BCUT2D eigenvalue weighted by atomic mass is 9.78. The summed E-state index contributed by atoms with van der Waals surface area (Å²) in [5.41, 5.74) is 5.21. The van der Waals surface area contributed by atoms with Gasteiger partial charge in [-0.05, 0) is 42.4 Å². The molecule has 1 aromatic heterocycles. The van der Waals surface area contributed by atoms with Crippen molar-refractivity contribution in [1.82, 2.24) is 4.98 Å². The summed E-state index contributed by atoms with van der Waals surface area (Å²) >= 11 is 0. The van der Waals surface area contributed by atoms with Crippen LogP contribution in [0.1, 0.15) is 89.6 Å². The highest BCUT2D eigenvalue weighted by Crippen LogP contribution is 2.41. The van der Waals surface area contributed by atoms with Crippen molar-refractivity contribution < 1.29 is 19.0 Å². The van der Waals surface area contributed by atoms with Gasteiger partial charge in [0.2, 0.25) is 5.89 Å². The Morgan fingerprint density at radius 3 is 1.97 bits per heavy atom. The molecule has 0 spiro atoms. The Morgan fingerprint density at radius 1 is 0.917 bits per heavy atom. The Hall–Kier alpha value is -2.89. The SMILES string of the molecule is CCOC(OCC)c1ccc(C=CCc2coc(-c3cc(C(C)(C)C)c(O)c(C(C)(C)C)c3)n2)cc1. The molecule has 3 rings (SSSR count). The van der Waals surface area contributed by atoms with E-state index >= 15 is 0 Å². The molecule has 0 amide bonds. The van der Waals surface area contributed by atoms with Crippen LogP contribution in [0, 0.1) is 0 Å². The number of rotatable bonds is 9. The van der Waals surface area contributed by atoms with Crippen molar-refractivity contribution in [1.29, 1.82) is 0 Å². The number of hydrogen-bond donors (Lipinski definition) is 1. The van der Waals surface area contributed by atoms with E-state index in [0.717, 1.165) is 33.5 Å². The average molecular weight is 492 g/mol. The number of benzene rings is 2. The maximum absolute atomic E-state index is 11.0. The summed E-state index contributed by atoms with van der Waals surface area (Å²) < 4.78 is 17.2. The molecule has 0 atom stereocenters. The number of ether oxygens (including phenoxy) is 2. The minimum atomic E-state index is -0.330. The molecule has 194 valence electrons. The van der Waals surface area contributed by atoms with Crippen LogP contribution in [0.3, 0.4) is 0 Å². The number of aromatic nitrogens is 1. The Kier molecular flexibility index (Phi) is 8.80. The van der Waals surface area contributed by atoms with Gasteiger partial charge >= 0.3 is 0 Å². The van der Waals surface area contributed by atoms with Gasteiger partial charge in [0.1, 0.15) is 12.0 Å². The largest absolute Gasteiger partial charge is 0.507 e. The van der Waals surface area contributed by atoms with Crippen LogP contribution >= 0.6 is 0 Å². The number of allylic oxidation sites excluding steroid dienone is 1. The van der Waals surface area contributed by atoms with Gasteiger partial charge in [-0.25, -0.2) is 4.98 Å². The van der Waals surface area contributed by atoms with Gasteiger partial charge in [0.05, 0.1) is 5.69 Å². The fourth-order valence-electron chi connectivity index (χ4n) is 4.06. The summed E-state index contributed by atoms with van der Waals surface area (Å²) in [5, 5.41) is 11.0. The molecule has 5 nitrogen and oxygen atoms in total. The lowest BCUT2D eigenvalue weighted by Crippen LogP contribution is -2.17. The van der Waals surface area contributed by atoms with Gasteiger partial charge in [-0.15, -0.1) is 0 Å². The molecule has 0 unspecified atom stereocenters. The predicted octanol–water partition coefficient (Wildman–Crippen LogP) is 7.97. The number of oxazole rings is 1. The molecule has 0 aliphatic rings. The van der Waals surface area contributed by atoms with Crippen molar-refractivity contribution in [3.05, 3.63) is 76.7 Å². The lowest BCUT2D eigenvalue weighted by Gasteiger charge is -2.27. The lowest BCUT2D eigenvalue weighted by molar-refractivity contribution is -0.140. The van der Waals surface area contributed by atoms with E-state index in [1.54, 1.807) is 6.26 Å². The van der Waals surface area contributed by atoms with E-state index in [2.05, 4.69) is 65.8 Å². The van der Waals surface area contributed by atoms with E-state index in [4.69, 9.17) is 18.9 Å². The third-order valence-corrected chi connectivity index (χ3v) is 6.01. The van der Waals surface area contributed by atoms with Gasteiger partial charge in [0.25, 0.3) is 0 Å². The van der Waals surface area contributed by atoms with Gasteiger partial charge in [0.15, 0.2) is 6.29 Å². The number of aromatic hydroxyl groups is 1. The monoisotopic (exact) mass is 491 g/mol. The van der Waals surface area contributed by atoms with Crippen LogP contribution in [-0.4, -0.2) is 23.3 Å². The molecule has 36 heavy (non-hydrogen) atoms. The second-order valence-corrected chi connectivity index (χ2v) is 11.1. The van der Waals surface area contributed by atoms with E-state index in [1.165, 1.54) is 0 Å². The van der Waals surface area contributed by atoms with E-state index in [1.807, 2.05) is 38.1 Å². The summed E-state index contributed by atoms with van der Waals surface area (Å²) in [5.74, 6) is 0.921. The van der Waals surface area contributed by atoms with Gasteiger partial charge in [-0.1, -0.05) is 78.0 Å². The number of phenolic OH excluding ortho intramolecular Hbond substituents is 1. The first kappa shape index (κ1) is 27.7. The maximum Gasteiger partial charge on any atom is 0.226 e.